The first-order chi connectivity index (χ1) is 20.1. The minimum atomic E-state index is 0.687. The average molecular weight is 573 g/mol. The summed E-state index contributed by atoms with van der Waals surface area (Å²) in [6.45, 7) is 0. The molecular weight excluding hydrogens is 548 g/mol. The Balaban J connectivity index is 1.55. The maximum absolute atomic E-state index is 6.25. The molecule has 0 fully saturated rings. The zero-order valence-corrected chi connectivity index (χ0v) is 24.0. The third-order valence-corrected chi connectivity index (χ3v) is 8.68. The predicted octanol–water partition coefficient (Wildman–Crippen LogP) is 10.2. The van der Waals surface area contributed by atoms with Crippen molar-refractivity contribution in [3.05, 3.63) is 120 Å². The van der Waals surface area contributed by atoms with Crippen LogP contribution in [0.4, 0.5) is 17.1 Å². The van der Waals surface area contributed by atoms with Crippen LogP contribution in [0.3, 0.4) is 0 Å². The summed E-state index contributed by atoms with van der Waals surface area (Å²) < 4.78 is 11.3. The van der Waals surface area contributed by atoms with Crippen LogP contribution < -0.4 is 14.4 Å². The molecule has 0 amide bonds. The molecule has 5 aromatic carbocycles. The Morgan fingerprint density at radius 1 is 0.634 bits per heavy atom. The second kappa shape index (κ2) is 10.5. The topological polar surface area (TPSA) is 34.6 Å². The van der Waals surface area contributed by atoms with Crippen molar-refractivity contribution in [1.82, 2.24) is 4.98 Å². The van der Waals surface area contributed by atoms with Gasteiger partial charge >= 0.3 is 0 Å². The highest BCUT2D eigenvalue weighted by atomic mass is 35.5. The lowest BCUT2D eigenvalue weighted by Crippen LogP contribution is -2.15. The van der Waals surface area contributed by atoms with Crippen molar-refractivity contribution in [3.8, 4) is 33.9 Å². The minimum absolute atomic E-state index is 0.687. The van der Waals surface area contributed by atoms with Crippen LogP contribution >= 0.6 is 23.4 Å². The number of aromatic nitrogens is 1. The van der Waals surface area contributed by atoms with Gasteiger partial charge in [-0.3, -0.25) is 0 Å². The van der Waals surface area contributed by atoms with Gasteiger partial charge in [0.2, 0.25) is 0 Å². The molecule has 0 unspecified atom stereocenters. The van der Waals surface area contributed by atoms with Gasteiger partial charge in [0.1, 0.15) is 11.5 Å². The fourth-order valence-corrected chi connectivity index (χ4v) is 6.53. The van der Waals surface area contributed by atoms with Crippen molar-refractivity contribution >= 4 is 51.3 Å². The molecule has 1 aliphatic rings. The highest BCUT2D eigenvalue weighted by Crippen LogP contribution is 2.52. The second-order valence-corrected chi connectivity index (χ2v) is 11.2. The summed E-state index contributed by atoms with van der Waals surface area (Å²) in [5.41, 5.74) is 8.02. The van der Waals surface area contributed by atoms with E-state index >= 15 is 0 Å². The van der Waals surface area contributed by atoms with Crippen molar-refractivity contribution in [2.24, 2.45) is 0 Å². The Kier molecular flexibility index (Phi) is 6.54. The maximum atomic E-state index is 6.25. The van der Waals surface area contributed by atoms with Gasteiger partial charge in [-0.15, -0.1) is 0 Å². The molecule has 41 heavy (non-hydrogen) atoms. The molecular formula is C35H25ClN2O2S. The van der Waals surface area contributed by atoms with Crippen LogP contribution in [0.5, 0.6) is 11.5 Å². The third kappa shape index (κ3) is 4.57. The van der Waals surface area contributed by atoms with Crippen LogP contribution in [0, 0.1) is 0 Å². The van der Waals surface area contributed by atoms with Gasteiger partial charge in [-0.1, -0.05) is 71.9 Å². The Bertz CT molecular complexity index is 1860. The SMILES string of the molecule is COc1cc(OC)cc(-c2cc(-c3ccc(Cl)cc3)nc3c(N4c5ccccc5Sc5ccccc54)cccc23)c1. The number of halogens is 1. The van der Waals surface area contributed by atoms with E-state index in [0.717, 1.165) is 61.8 Å². The van der Waals surface area contributed by atoms with E-state index in [1.165, 1.54) is 9.79 Å². The summed E-state index contributed by atoms with van der Waals surface area (Å²) >= 11 is 8.05. The van der Waals surface area contributed by atoms with Gasteiger partial charge in [0, 0.05) is 31.8 Å². The van der Waals surface area contributed by atoms with Crippen LogP contribution in [0.1, 0.15) is 0 Å². The van der Waals surface area contributed by atoms with E-state index < -0.39 is 0 Å². The number of nitrogens with zero attached hydrogens (tertiary/aromatic N) is 2. The summed E-state index contributed by atoms with van der Waals surface area (Å²) in [6.07, 6.45) is 0. The fourth-order valence-electron chi connectivity index (χ4n) is 5.35. The van der Waals surface area contributed by atoms with Crippen LogP contribution in [-0.2, 0) is 0 Å². The van der Waals surface area contributed by atoms with Crippen LogP contribution in [-0.4, -0.2) is 19.2 Å². The van der Waals surface area contributed by atoms with Gasteiger partial charge in [0.15, 0.2) is 0 Å². The number of rotatable bonds is 5. The van der Waals surface area contributed by atoms with E-state index in [1.807, 2.05) is 42.5 Å². The van der Waals surface area contributed by atoms with Gasteiger partial charge in [0.25, 0.3) is 0 Å². The zero-order valence-electron chi connectivity index (χ0n) is 22.5. The molecule has 200 valence electrons. The molecule has 0 N–H and O–H groups in total. The van der Waals surface area contributed by atoms with E-state index in [9.17, 15) is 0 Å². The monoisotopic (exact) mass is 572 g/mol. The lowest BCUT2D eigenvalue weighted by atomic mass is 9.96. The molecule has 0 radical (unpaired) electrons. The molecule has 4 nitrogen and oxygen atoms in total. The summed E-state index contributed by atoms with van der Waals surface area (Å²) in [5, 5.41) is 1.72. The highest BCUT2D eigenvalue weighted by Gasteiger charge is 2.26. The first-order valence-electron chi connectivity index (χ1n) is 13.2. The summed E-state index contributed by atoms with van der Waals surface area (Å²) in [5.74, 6) is 1.45. The molecule has 0 spiro atoms. The van der Waals surface area contributed by atoms with Gasteiger partial charge in [-0.25, -0.2) is 4.98 Å². The third-order valence-electron chi connectivity index (χ3n) is 7.29. The van der Waals surface area contributed by atoms with Crippen LogP contribution in [0.2, 0.25) is 5.02 Å². The Labute approximate surface area is 248 Å². The van der Waals surface area contributed by atoms with E-state index in [1.54, 1.807) is 26.0 Å². The number of para-hydroxylation sites is 3. The smallest absolute Gasteiger partial charge is 0.123 e. The van der Waals surface area contributed by atoms with Crippen molar-refractivity contribution in [2.45, 2.75) is 9.79 Å². The van der Waals surface area contributed by atoms with E-state index in [-0.39, 0.29) is 0 Å². The van der Waals surface area contributed by atoms with E-state index in [0.29, 0.717) is 5.02 Å². The lowest BCUT2D eigenvalue weighted by molar-refractivity contribution is 0.394. The highest BCUT2D eigenvalue weighted by molar-refractivity contribution is 7.99. The van der Waals surface area contributed by atoms with Crippen LogP contribution in [0.15, 0.2) is 125 Å². The molecule has 6 aromatic rings. The first kappa shape index (κ1) is 25.5. The number of methoxy groups -OCH3 is 2. The number of anilines is 3. The van der Waals surface area contributed by atoms with E-state index in [2.05, 4.69) is 77.7 Å². The quantitative estimate of drug-likeness (QED) is 0.205. The second-order valence-electron chi connectivity index (χ2n) is 9.71. The molecule has 1 aromatic heterocycles. The predicted molar refractivity (Wildman–Crippen MR) is 170 cm³/mol. The number of benzene rings is 5. The number of hydrogen-bond donors (Lipinski definition) is 0. The zero-order chi connectivity index (χ0) is 27.9. The molecule has 2 heterocycles. The molecule has 7 rings (SSSR count). The van der Waals surface area contributed by atoms with Crippen molar-refractivity contribution in [1.29, 1.82) is 0 Å². The summed E-state index contributed by atoms with van der Waals surface area (Å²) in [6, 6.07) is 39.4. The van der Waals surface area contributed by atoms with E-state index in [4.69, 9.17) is 26.1 Å². The Hall–Kier alpha value is -4.45. The van der Waals surface area contributed by atoms with Crippen molar-refractivity contribution in [3.63, 3.8) is 0 Å². The lowest BCUT2D eigenvalue weighted by Gasteiger charge is -2.33. The molecule has 0 aliphatic carbocycles. The van der Waals surface area contributed by atoms with Gasteiger partial charge in [-0.05, 0) is 71.8 Å². The fraction of sp³-hybridized carbons (Fsp3) is 0.0571. The van der Waals surface area contributed by atoms with Gasteiger partial charge < -0.3 is 14.4 Å². The molecule has 0 saturated heterocycles. The summed E-state index contributed by atoms with van der Waals surface area (Å²) in [4.78, 5) is 10.1. The van der Waals surface area contributed by atoms with Crippen molar-refractivity contribution in [2.75, 3.05) is 19.1 Å². The molecule has 1 aliphatic heterocycles. The molecule has 0 bridgehead atoms. The molecule has 6 heteroatoms. The Morgan fingerprint density at radius 3 is 1.88 bits per heavy atom. The number of pyridine rings is 1. The van der Waals surface area contributed by atoms with Gasteiger partial charge in [0.05, 0.1) is 42.5 Å². The van der Waals surface area contributed by atoms with Crippen molar-refractivity contribution < 1.29 is 9.47 Å². The average Bonchev–Trinajstić information content (AvgIpc) is 3.03. The Morgan fingerprint density at radius 2 is 1.24 bits per heavy atom. The maximum Gasteiger partial charge on any atom is 0.123 e. The standard InChI is InChI=1S/C35H25ClN2O2S/c1-39-25-18-23(19-26(20-25)40-2)28-21-29(22-14-16-24(36)17-15-22)37-35-27(28)8-7-11-32(35)38-30-9-3-5-12-33(30)41-34-13-6-4-10-31(34)38/h3-21H,1-2H3. The molecule has 0 atom stereocenters. The largest absolute Gasteiger partial charge is 0.497 e. The minimum Gasteiger partial charge on any atom is -0.497 e. The van der Waals surface area contributed by atoms with Gasteiger partial charge in [-0.2, -0.15) is 0 Å². The molecule has 0 saturated carbocycles. The number of fused-ring (bicyclic) bond motifs is 3. The number of hydrogen-bond acceptors (Lipinski definition) is 5. The summed E-state index contributed by atoms with van der Waals surface area (Å²) in [7, 11) is 3.34. The first-order valence-corrected chi connectivity index (χ1v) is 14.4. The number of ether oxygens (including phenoxy) is 2. The van der Waals surface area contributed by atoms with Crippen LogP contribution in [0.25, 0.3) is 33.3 Å². The normalized spacial score (nSPS) is 12.1.